The number of hydrogen-bond donors (Lipinski definition) is 1. The van der Waals surface area contributed by atoms with Gasteiger partial charge < -0.3 is 24.7 Å². The van der Waals surface area contributed by atoms with E-state index >= 15 is 0 Å². The van der Waals surface area contributed by atoms with E-state index < -0.39 is 29.6 Å². The fraction of sp³-hybridized carbons (Fsp3) is 0.655. The summed E-state index contributed by atoms with van der Waals surface area (Å²) >= 11 is 0. The van der Waals surface area contributed by atoms with Gasteiger partial charge in [0.15, 0.2) is 11.5 Å². The Morgan fingerprint density at radius 2 is 1.47 bits per heavy atom. The number of rotatable bonds is 17. The zero-order valence-electron chi connectivity index (χ0n) is 23.8. The summed E-state index contributed by atoms with van der Waals surface area (Å²) < 4.78 is 21.5. The molecule has 0 heterocycles. The number of methoxy groups -OCH3 is 1. The number of carbonyl (C=O) groups is 4. The summed E-state index contributed by atoms with van der Waals surface area (Å²) in [7, 11) is 1.24. The molecule has 0 spiro atoms. The zero-order chi connectivity index (χ0) is 28.7. The predicted molar refractivity (Wildman–Crippen MR) is 144 cm³/mol. The molecular formula is C29H45NO8. The first-order valence-electron chi connectivity index (χ1n) is 13.6. The molecule has 0 saturated carbocycles. The maximum Gasteiger partial charge on any atom is 0.326 e. The van der Waals surface area contributed by atoms with E-state index in [9.17, 15) is 19.2 Å². The highest BCUT2D eigenvalue weighted by Crippen LogP contribution is 2.32. The number of hydrogen-bond acceptors (Lipinski definition) is 9. The van der Waals surface area contributed by atoms with Crippen molar-refractivity contribution in [1.29, 1.82) is 0 Å². The minimum absolute atomic E-state index is 0.00957. The number of esters is 4. The van der Waals surface area contributed by atoms with Crippen molar-refractivity contribution in [1.82, 2.24) is 0 Å². The fourth-order valence-electron chi connectivity index (χ4n) is 4.03. The van der Waals surface area contributed by atoms with Crippen LogP contribution in [0.3, 0.4) is 0 Å². The van der Waals surface area contributed by atoms with Crippen LogP contribution in [0, 0.1) is 5.92 Å². The fourth-order valence-corrected chi connectivity index (χ4v) is 4.03. The molecule has 3 atom stereocenters. The lowest BCUT2D eigenvalue weighted by Crippen LogP contribution is -2.53. The van der Waals surface area contributed by atoms with Gasteiger partial charge >= 0.3 is 23.9 Å². The first-order chi connectivity index (χ1) is 18.0. The van der Waals surface area contributed by atoms with Gasteiger partial charge in [-0.3, -0.25) is 19.2 Å². The highest BCUT2D eigenvalue weighted by molar-refractivity contribution is 5.81. The van der Waals surface area contributed by atoms with Crippen LogP contribution in [0.25, 0.3) is 0 Å². The number of nitrogens with two attached hydrogens (primary N) is 1. The standard InChI is InChI=1S/C29H45NO8/c1-7-10-13-25(31)37-23-16-15-22(17-24(23)38-26(32)14-11-8-2)19-29(30,28(34)35-6)18-21(5)36-27(33)20(4)12-9-3/h15-17,20-21H,7-14,18-19,30H2,1-6H3/t20?,21?,29-/m1/s1. The van der Waals surface area contributed by atoms with Crippen LogP contribution < -0.4 is 15.2 Å². The maximum atomic E-state index is 12.7. The highest BCUT2D eigenvalue weighted by Gasteiger charge is 2.38. The third-order valence-electron chi connectivity index (χ3n) is 6.13. The average molecular weight is 536 g/mol. The van der Waals surface area contributed by atoms with Crippen LogP contribution in [0.5, 0.6) is 11.5 Å². The van der Waals surface area contributed by atoms with Crippen molar-refractivity contribution in [3.05, 3.63) is 23.8 Å². The molecule has 0 aromatic heterocycles. The van der Waals surface area contributed by atoms with Crippen LogP contribution >= 0.6 is 0 Å². The van der Waals surface area contributed by atoms with Crippen molar-refractivity contribution in [3.63, 3.8) is 0 Å². The summed E-state index contributed by atoms with van der Waals surface area (Å²) in [5.74, 6) is -1.96. The third kappa shape index (κ3) is 11.2. The van der Waals surface area contributed by atoms with Gasteiger partial charge in [-0.25, -0.2) is 0 Å². The van der Waals surface area contributed by atoms with E-state index in [1.54, 1.807) is 19.9 Å². The molecule has 2 unspecified atom stereocenters. The lowest BCUT2D eigenvalue weighted by molar-refractivity contribution is -0.157. The smallest absolute Gasteiger partial charge is 0.326 e. The molecule has 0 saturated heterocycles. The van der Waals surface area contributed by atoms with E-state index in [0.717, 1.165) is 19.3 Å². The molecular weight excluding hydrogens is 490 g/mol. The van der Waals surface area contributed by atoms with Crippen LogP contribution in [0.4, 0.5) is 0 Å². The van der Waals surface area contributed by atoms with Crippen molar-refractivity contribution < 1.29 is 38.1 Å². The van der Waals surface area contributed by atoms with Crippen molar-refractivity contribution >= 4 is 23.9 Å². The van der Waals surface area contributed by atoms with Gasteiger partial charge in [0.2, 0.25) is 0 Å². The van der Waals surface area contributed by atoms with Crippen molar-refractivity contribution in [3.8, 4) is 11.5 Å². The number of ether oxygens (including phenoxy) is 4. The SMILES string of the molecule is CCCCC(=O)Oc1ccc(C[C@](N)(CC(C)OC(=O)C(C)CCC)C(=O)OC)cc1OC(=O)CCCC. The minimum Gasteiger partial charge on any atom is -0.468 e. The van der Waals surface area contributed by atoms with Gasteiger partial charge in [0.25, 0.3) is 0 Å². The van der Waals surface area contributed by atoms with Crippen LogP contribution in [0.1, 0.15) is 98.0 Å². The molecule has 9 heteroatoms. The first-order valence-corrected chi connectivity index (χ1v) is 13.6. The van der Waals surface area contributed by atoms with E-state index in [1.165, 1.54) is 19.2 Å². The Morgan fingerprint density at radius 3 is 2.00 bits per heavy atom. The Morgan fingerprint density at radius 1 is 0.895 bits per heavy atom. The van der Waals surface area contributed by atoms with E-state index in [4.69, 9.17) is 24.7 Å². The summed E-state index contributed by atoms with van der Waals surface area (Å²) in [5, 5.41) is 0. The van der Waals surface area contributed by atoms with Crippen LogP contribution in [0.2, 0.25) is 0 Å². The molecule has 0 aliphatic rings. The van der Waals surface area contributed by atoms with Gasteiger partial charge in [0.05, 0.1) is 13.0 Å². The lowest BCUT2D eigenvalue weighted by Gasteiger charge is -2.30. The normalized spacial score (nSPS) is 14.1. The van der Waals surface area contributed by atoms with Gasteiger partial charge in [-0.15, -0.1) is 0 Å². The Balaban J connectivity index is 3.19. The summed E-state index contributed by atoms with van der Waals surface area (Å²) in [5.41, 5.74) is 5.56. The number of unbranched alkanes of at least 4 members (excludes halogenated alkanes) is 2. The van der Waals surface area contributed by atoms with E-state index in [1.807, 2.05) is 20.8 Å². The Bertz CT molecular complexity index is 931. The summed E-state index contributed by atoms with van der Waals surface area (Å²) in [4.78, 5) is 49.7. The minimum atomic E-state index is -1.52. The second-order valence-electron chi connectivity index (χ2n) is 9.90. The number of benzene rings is 1. The first kappa shape index (κ1) is 33.1. The molecule has 1 aromatic carbocycles. The molecule has 0 amide bonds. The summed E-state index contributed by atoms with van der Waals surface area (Å²) in [6.07, 6.45) is 4.38. The molecule has 214 valence electrons. The average Bonchev–Trinajstić information content (AvgIpc) is 2.87. The Hall–Kier alpha value is -2.94. The van der Waals surface area contributed by atoms with Crippen molar-refractivity contribution in [2.75, 3.05) is 7.11 Å². The Labute approximate surface area is 226 Å². The number of carbonyl (C=O) groups excluding carboxylic acids is 4. The predicted octanol–water partition coefficient (Wildman–Crippen LogP) is 5.05. The topological polar surface area (TPSA) is 131 Å². The lowest BCUT2D eigenvalue weighted by atomic mass is 9.86. The van der Waals surface area contributed by atoms with E-state index in [-0.39, 0.29) is 49.1 Å². The molecule has 0 aliphatic carbocycles. The van der Waals surface area contributed by atoms with Crippen molar-refractivity contribution in [2.24, 2.45) is 11.7 Å². The molecule has 1 aromatic rings. The van der Waals surface area contributed by atoms with Gasteiger partial charge in [-0.05, 0) is 43.9 Å². The molecule has 2 N–H and O–H groups in total. The molecule has 1 rings (SSSR count). The van der Waals surface area contributed by atoms with E-state index in [2.05, 4.69) is 0 Å². The molecule has 38 heavy (non-hydrogen) atoms. The van der Waals surface area contributed by atoms with Gasteiger partial charge in [0.1, 0.15) is 11.6 Å². The molecule has 0 fully saturated rings. The molecule has 0 radical (unpaired) electrons. The zero-order valence-corrected chi connectivity index (χ0v) is 23.8. The molecule has 9 nitrogen and oxygen atoms in total. The van der Waals surface area contributed by atoms with Crippen LogP contribution in [0.15, 0.2) is 18.2 Å². The van der Waals surface area contributed by atoms with Gasteiger partial charge in [-0.2, -0.15) is 0 Å². The maximum absolute atomic E-state index is 12.7. The van der Waals surface area contributed by atoms with Gasteiger partial charge in [0, 0.05) is 25.7 Å². The Kier molecular flexibility index (Phi) is 14.6. The summed E-state index contributed by atoms with van der Waals surface area (Å²) in [6, 6.07) is 4.71. The van der Waals surface area contributed by atoms with Crippen LogP contribution in [-0.2, 0) is 35.1 Å². The van der Waals surface area contributed by atoms with Crippen LogP contribution in [-0.4, -0.2) is 42.6 Å². The second-order valence-corrected chi connectivity index (χ2v) is 9.90. The quantitative estimate of drug-likeness (QED) is 0.215. The molecule has 0 bridgehead atoms. The second kappa shape index (κ2) is 16.8. The highest BCUT2D eigenvalue weighted by atomic mass is 16.6. The van der Waals surface area contributed by atoms with Gasteiger partial charge in [-0.1, -0.05) is 53.0 Å². The van der Waals surface area contributed by atoms with Crippen molar-refractivity contribution in [2.45, 2.75) is 110 Å². The largest absolute Gasteiger partial charge is 0.468 e. The third-order valence-corrected chi connectivity index (χ3v) is 6.13. The summed E-state index contributed by atoms with van der Waals surface area (Å²) in [6.45, 7) is 9.40. The molecule has 0 aliphatic heterocycles. The monoisotopic (exact) mass is 535 g/mol. The van der Waals surface area contributed by atoms with E-state index in [0.29, 0.717) is 24.8 Å².